The highest BCUT2D eigenvalue weighted by Gasteiger charge is 2.37. The van der Waals surface area contributed by atoms with Crippen LogP contribution in [0.4, 0.5) is 4.79 Å². The average molecular weight is 551 g/mol. The van der Waals surface area contributed by atoms with Gasteiger partial charge in [-0.15, -0.1) is 0 Å². The number of carbonyl (C=O) groups is 1. The van der Waals surface area contributed by atoms with Gasteiger partial charge in [-0.05, 0) is 74.4 Å². The smallest absolute Gasteiger partial charge is 0.410 e. The number of ether oxygens (including phenoxy) is 3. The zero-order valence-corrected chi connectivity index (χ0v) is 23.1. The Morgan fingerprint density at radius 3 is 2.54 bits per heavy atom. The number of nitrogens with zero attached hydrogens (tertiary/aromatic N) is 1. The van der Waals surface area contributed by atoms with E-state index in [1.165, 1.54) is 0 Å². The van der Waals surface area contributed by atoms with E-state index < -0.39 is 33.2 Å². The van der Waals surface area contributed by atoms with Crippen LogP contribution in [0, 0.1) is 0 Å². The number of benzene rings is 2. The number of nitrogens with one attached hydrogen (secondary N) is 1. The van der Waals surface area contributed by atoms with Crippen LogP contribution in [-0.2, 0) is 43.9 Å². The molecule has 1 fully saturated rings. The molecule has 1 N–H and O–H groups in total. The molecular formula is C27H35ClN2O6S. The van der Waals surface area contributed by atoms with E-state index in [1.807, 2.05) is 51.1 Å². The fourth-order valence-corrected chi connectivity index (χ4v) is 6.93. The molecule has 0 radical (unpaired) electrons. The fourth-order valence-electron chi connectivity index (χ4n) is 4.70. The Morgan fingerprint density at radius 2 is 1.86 bits per heavy atom. The summed E-state index contributed by atoms with van der Waals surface area (Å²) < 4.78 is 47.0. The van der Waals surface area contributed by atoms with E-state index in [2.05, 4.69) is 4.72 Å². The van der Waals surface area contributed by atoms with E-state index in [4.69, 9.17) is 25.8 Å². The molecule has 0 saturated carbocycles. The summed E-state index contributed by atoms with van der Waals surface area (Å²) >= 11 is 6.47. The zero-order chi connectivity index (χ0) is 26.6. The highest BCUT2D eigenvalue weighted by Crippen LogP contribution is 2.39. The molecule has 1 atom stereocenters. The highest BCUT2D eigenvalue weighted by molar-refractivity contribution is 7.89. The summed E-state index contributed by atoms with van der Waals surface area (Å²) in [6, 6.07) is 13.0. The molecule has 0 aromatic heterocycles. The van der Waals surface area contributed by atoms with E-state index >= 15 is 0 Å². The van der Waals surface area contributed by atoms with Crippen molar-refractivity contribution < 1.29 is 27.4 Å². The Hall–Kier alpha value is -2.17. The Kier molecular flexibility index (Phi) is 8.81. The van der Waals surface area contributed by atoms with Crippen LogP contribution in [0.15, 0.2) is 42.5 Å². The Balaban J connectivity index is 1.57. The summed E-state index contributed by atoms with van der Waals surface area (Å²) in [5.74, 6) is 0. The maximum atomic E-state index is 13.7. The number of hydrogen-bond donors (Lipinski definition) is 1. The summed E-state index contributed by atoms with van der Waals surface area (Å²) in [7, 11) is -3.81. The first-order chi connectivity index (χ1) is 17.5. The van der Waals surface area contributed by atoms with Gasteiger partial charge in [0.25, 0.3) is 0 Å². The number of hydrogen-bond acceptors (Lipinski definition) is 6. The van der Waals surface area contributed by atoms with Crippen LogP contribution in [0.5, 0.6) is 0 Å². The molecule has 0 aliphatic carbocycles. The molecule has 4 rings (SSSR count). The SMILES string of the molecule is CC(C)(C)NS(=O)(=O)[C@@H](CCC1OCCCO1)c1cc(Cl)cc2c1CN(C(=O)OCc1ccccc1)C2. The van der Waals surface area contributed by atoms with Crippen LogP contribution < -0.4 is 4.72 Å². The van der Waals surface area contributed by atoms with E-state index in [9.17, 15) is 13.2 Å². The molecule has 2 aliphatic heterocycles. The van der Waals surface area contributed by atoms with Gasteiger partial charge >= 0.3 is 6.09 Å². The molecule has 0 spiro atoms. The van der Waals surface area contributed by atoms with Crippen LogP contribution in [0.25, 0.3) is 0 Å². The van der Waals surface area contributed by atoms with E-state index in [0.29, 0.717) is 36.8 Å². The third-order valence-corrected chi connectivity index (χ3v) is 8.60. The summed E-state index contributed by atoms with van der Waals surface area (Å²) in [5.41, 5.74) is 2.43. The minimum Gasteiger partial charge on any atom is -0.445 e. The second kappa shape index (κ2) is 11.7. The van der Waals surface area contributed by atoms with E-state index in [1.54, 1.807) is 17.0 Å². The number of sulfonamides is 1. The van der Waals surface area contributed by atoms with Gasteiger partial charge in [0.1, 0.15) is 11.9 Å². The monoisotopic (exact) mass is 550 g/mol. The summed E-state index contributed by atoms with van der Waals surface area (Å²) in [5, 5.41) is -0.469. The minimum atomic E-state index is -3.81. The van der Waals surface area contributed by atoms with Crippen LogP contribution in [0.3, 0.4) is 0 Å². The molecule has 0 unspecified atom stereocenters. The number of carbonyl (C=O) groups excluding carboxylic acids is 1. The molecule has 8 nitrogen and oxygen atoms in total. The molecule has 1 amide bonds. The Labute approximate surface area is 224 Å². The molecular weight excluding hydrogens is 516 g/mol. The first-order valence-corrected chi connectivity index (χ1v) is 14.5. The van der Waals surface area contributed by atoms with Gasteiger partial charge in [0.2, 0.25) is 10.0 Å². The lowest BCUT2D eigenvalue weighted by Crippen LogP contribution is -2.43. The molecule has 2 aliphatic rings. The van der Waals surface area contributed by atoms with Gasteiger partial charge in [-0.25, -0.2) is 17.9 Å². The molecule has 2 aromatic rings. The summed E-state index contributed by atoms with van der Waals surface area (Å²) in [4.78, 5) is 14.4. The highest BCUT2D eigenvalue weighted by atomic mass is 35.5. The zero-order valence-electron chi connectivity index (χ0n) is 21.5. The molecule has 0 bridgehead atoms. The number of halogens is 1. The van der Waals surface area contributed by atoms with E-state index in [0.717, 1.165) is 23.1 Å². The second-order valence-electron chi connectivity index (χ2n) is 10.5. The van der Waals surface area contributed by atoms with Crippen molar-refractivity contribution in [3.8, 4) is 0 Å². The first kappa shape index (κ1) is 27.9. The van der Waals surface area contributed by atoms with Gasteiger partial charge in [-0.2, -0.15) is 0 Å². The lowest BCUT2D eigenvalue weighted by Gasteiger charge is -2.29. The molecule has 37 heavy (non-hydrogen) atoms. The van der Waals surface area contributed by atoms with Gasteiger partial charge in [-0.1, -0.05) is 41.9 Å². The van der Waals surface area contributed by atoms with Gasteiger partial charge in [0.05, 0.1) is 19.8 Å². The van der Waals surface area contributed by atoms with Crippen LogP contribution in [0.1, 0.15) is 67.5 Å². The molecule has 10 heteroatoms. The van der Waals surface area contributed by atoms with Crippen LogP contribution in [0.2, 0.25) is 5.02 Å². The van der Waals surface area contributed by atoms with Crippen molar-refractivity contribution in [1.29, 1.82) is 0 Å². The number of fused-ring (bicyclic) bond motifs is 1. The van der Waals surface area contributed by atoms with Crippen molar-refractivity contribution in [2.45, 2.75) is 76.8 Å². The van der Waals surface area contributed by atoms with Crippen molar-refractivity contribution in [3.63, 3.8) is 0 Å². The molecule has 1 saturated heterocycles. The molecule has 2 heterocycles. The summed E-state index contributed by atoms with van der Waals surface area (Å²) in [6.07, 6.45) is 0.610. The standard InChI is InChI=1S/C27H35ClN2O6S/c1-27(2,3)29-37(32,33)24(10-11-25-34-12-7-13-35-25)22-15-21(28)14-20-16-30(17-23(20)22)26(31)36-18-19-8-5-4-6-9-19/h4-6,8-9,14-15,24-25,29H,7,10-13,16-18H2,1-3H3/t24-/m0/s1. The predicted octanol–water partition coefficient (Wildman–Crippen LogP) is 5.29. The van der Waals surface area contributed by atoms with Crippen molar-refractivity contribution in [3.05, 3.63) is 69.7 Å². The maximum absolute atomic E-state index is 13.7. The molecule has 202 valence electrons. The Bertz CT molecular complexity index is 1190. The lowest BCUT2D eigenvalue weighted by atomic mass is 9.98. The van der Waals surface area contributed by atoms with Crippen LogP contribution in [-0.4, -0.2) is 44.5 Å². The largest absolute Gasteiger partial charge is 0.445 e. The minimum absolute atomic E-state index is 0.161. The fraction of sp³-hybridized carbons (Fsp3) is 0.519. The average Bonchev–Trinajstić information content (AvgIpc) is 3.26. The van der Waals surface area contributed by atoms with Crippen molar-refractivity contribution in [2.24, 2.45) is 0 Å². The number of rotatable bonds is 8. The van der Waals surface area contributed by atoms with Gasteiger partial charge in [0, 0.05) is 17.1 Å². The lowest BCUT2D eigenvalue weighted by molar-refractivity contribution is -0.181. The topological polar surface area (TPSA) is 94.2 Å². The van der Waals surface area contributed by atoms with Gasteiger partial charge in [0.15, 0.2) is 6.29 Å². The van der Waals surface area contributed by atoms with Gasteiger partial charge < -0.3 is 14.2 Å². The molecule has 2 aromatic carbocycles. The quantitative estimate of drug-likeness (QED) is 0.479. The number of amides is 1. The second-order valence-corrected chi connectivity index (χ2v) is 12.8. The summed E-state index contributed by atoms with van der Waals surface area (Å²) in [6.45, 7) is 7.31. The first-order valence-electron chi connectivity index (χ1n) is 12.5. The van der Waals surface area contributed by atoms with Crippen LogP contribution >= 0.6 is 11.6 Å². The van der Waals surface area contributed by atoms with Gasteiger partial charge in [-0.3, -0.25) is 4.90 Å². The maximum Gasteiger partial charge on any atom is 0.410 e. The van der Waals surface area contributed by atoms with Crippen molar-refractivity contribution in [1.82, 2.24) is 9.62 Å². The van der Waals surface area contributed by atoms with Crippen molar-refractivity contribution >= 4 is 27.7 Å². The Morgan fingerprint density at radius 1 is 1.16 bits per heavy atom. The van der Waals surface area contributed by atoms with E-state index in [-0.39, 0.29) is 19.6 Å². The predicted molar refractivity (Wildman–Crippen MR) is 141 cm³/mol. The normalized spacial score (nSPS) is 17.5. The third-order valence-electron chi connectivity index (χ3n) is 6.25. The third kappa shape index (κ3) is 7.45. The van der Waals surface area contributed by atoms with Crippen molar-refractivity contribution in [2.75, 3.05) is 13.2 Å².